The Bertz CT molecular complexity index is 730. The normalized spacial score (nSPS) is 10.6. The highest BCUT2D eigenvalue weighted by atomic mass is 35.5. The van der Waals surface area contributed by atoms with Crippen molar-refractivity contribution in [2.75, 3.05) is 11.9 Å². The third-order valence-electron chi connectivity index (χ3n) is 3.74. The van der Waals surface area contributed by atoms with E-state index in [1.54, 1.807) is 6.07 Å². The number of anilines is 1. The summed E-state index contributed by atoms with van der Waals surface area (Å²) in [5, 5.41) is 5.84. The van der Waals surface area contributed by atoms with Crippen molar-refractivity contribution in [3.63, 3.8) is 0 Å². The second-order valence-corrected chi connectivity index (χ2v) is 6.73. The van der Waals surface area contributed by atoms with Gasteiger partial charge in [-0.2, -0.15) is 0 Å². The molecule has 2 aromatic rings. The fourth-order valence-corrected chi connectivity index (χ4v) is 2.48. The van der Waals surface area contributed by atoms with Gasteiger partial charge in [0.2, 0.25) is 11.8 Å². The molecular formula is C20H23ClN2O2. The first-order valence-corrected chi connectivity index (χ1v) is 8.75. The summed E-state index contributed by atoms with van der Waals surface area (Å²) in [6, 6.07) is 15.3. The standard InChI is InChI=1S/C20H23ClN2O2/c1-14(2)8-11-19(24)22-13-20(25)23-18-12-16(9-10-17(18)21)15-6-4-3-5-7-15/h3-7,9-10,12,14H,8,11,13H2,1-2H3,(H,22,24)(H,23,25). The summed E-state index contributed by atoms with van der Waals surface area (Å²) in [5.74, 6) is 0.0390. The van der Waals surface area contributed by atoms with Crippen LogP contribution in [-0.4, -0.2) is 18.4 Å². The van der Waals surface area contributed by atoms with Gasteiger partial charge in [0.05, 0.1) is 17.3 Å². The Balaban J connectivity index is 1.95. The van der Waals surface area contributed by atoms with Crippen molar-refractivity contribution in [1.82, 2.24) is 5.32 Å². The lowest BCUT2D eigenvalue weighted by molar-refractivity contribution is -0.124. The molecule has 0 radical (unpaired) electrons. The number of hydrogen-bond donors (Lipinski definition) is 2. The van der Waals surface area contributed by atoms with Gasteiger partial charge in [0.15, 0.2) is 0 Å². The van der Waals surface area contributed by atoms with E-state index in [1.165, 1.54) is 0 Å². The number of hydrogen-bond acceptors (Lipinski definition) is 2. The molecule has 25 heavy (non-hydrogen) atoms. The first kappa shape index (κ1) is 19.0. The lowest BCUT2D eigenvalue weighted by Crippen LogP contribution is -2.32. The molecule has 0 unspecified atom stereocenters. The van der Waals surface area contributed by atoms with Crippen LogP contribution in [0.15, 0.2) is 48.5 Å². The monoisotopic (exact) mass is 358 g/mol. The first-order valence-electron chi connectivity index (χ1n) is 8.37. The Morgan fingerprint density at radius 3 is 2.40 bits per heavy atom. The highest BCUT2D eigenvalue weighted by Crippen LogP contribution is 2.28. The van der Waals surface area contributed by atoms with E-state index >= 15 is 0 Å². The van der Waals surface area contributed by atoms with Crippen LogP contribution < -0.4 is 10.6 Å². The molecule has 0 aliphatic heterocycles. The Hall–Kier alpha value is -2.33. The molecule has 2 amide bonds. The Labute approximate surface area is 153 Å². The first-order chi connectivity index (χ1) is 12.0. The molecule has 0 bridgehead atoms. The van der Waals surface area contributed by atoms with Gasteiger partial charge in [-0.1, -0.05) is 61.8 Å². The summed E-state index contributed by atoms with van der Waals surface area (Å²) >= 11 is 6.17. The van der Waals surface area contributed by atoms with Crippen LogP contribution in [0.2, 0.25) is 5.02 Å². The van der Waals surface area contributed by atoms with Crippen LogP contribution in [0.3, 0.4) is 0 Å². The van der Waals surface area contributed by atoms with Gasteiger partial charge in [0, 0.05) is 6.42 Å². The van der Waals surface area contributed by atoms with Gasteiger partial charge >= 0.3 is 0 Å². The van der Waals surface area contributed by atoms with Crippen LogP contribution in [0.4, 0.5) is 5.69 Å². The minimum Gasteiger partial charge on any atom is -0.347 e. The van der Waals surface area contributed by atoms with Crippen molar-refractivity contribution in [2.24, 2.45) is 5.92 Å². The second-order valence-electron chi connectivity index (χ2n) is 6.32. The Kier molecular flexibility index (Phi) is 7.02. The van der Waals surface area contributed by atoms with E-state index < -0.39 is 0 Å². The van der Waals surface area contributed by atoms with Crippen LogP contribution in [0.25, 0.3) is 11.1 Å². The molecule has 0 heterocycles. The molecule has 132 valence electrons. The van der Waals surface area contributed by atoms with Crippen LogP contribution in [0, 0.1) is 5.92 Å². The molecule has 5 heteroatoms. The summed E-state index contributed by atoms with van der Waals surface area (Å²) in [5.41, 5.74) is 2.53. The third-order valence-corrected chi connectivity index (χ3v) is 4.07. The van der Waals surface area contributed by atoms with Gasteiger partial charge in [-0.05, 0) is 35.6 Å². The molecule has 0 saturated heterocycles. The molecule has 0 spiro atoms. The zero-order chi connectivity index (χ0) is 18.2. The maximum Gasteiger partial charge on any atom is 0.243 e. The number of carbonyl (C=O) groups is 2. The van der Waals surface area contributed by atoms with Crippen LogP contribution in [0.1, 0.15) is 26.7 Å². The van der Waals surface area contributed by atoms with Gasteiger partial charge in [0.1, 0.15) is 0 Å². The zero-order valence-corrected chi connectivity index (χ0v) is 15.3. The second kappa shape index (κ2) is 9.23. The molecule has 0 aliphatic carbocycles. The third kappa shape index (κ3) is 6.24. The van der Waals surface area contributed by atoms with Crippen molar-refractivity contribution in [2.45, 2.75) is 26.7 Å². The topological polar surface area (TPSA) is 58.2 Å². The average Bonchev–Trinajstić information content (AvgIpc) is 2.60. The van der Waals surface area contributed by atoms with Crippen LogP contribution in [0.5, 0.6) is 0 Å². The van der Waals surface area contributed by atoms with Crippen molar-refractivity contribution in [1.29, 1.82) is 0 Å². The largest absolute Gasteiger partial charge is 0.347 e. The van der Waals surface area contributed by atoms with Gasteiger partial charge < -0.3 is 10.6 Å². The quantitative estimate of drug-likeness (QED) is 0.765. The molecular weight excluding hydrogens is 336 g/mol. The fourth-order valence-electron chi connectivity index (χ4n) is 2.31. The van der Waals surface area contributed by atoms with Crippen molar-refractivity contribution >= 4 is 29.1 Å². The SMILES string of the molecule is CC(C)CCC(=O)NCC(=O)Nc1cc(-c2ccccc2)ccc1Cl. The van der Waals surface area contributed by atoms with Gasteiger partial charge in [-0.25, -0.2) is 0 Å². The number of amides is 2. The van der Waals surface area contributed by atoms with Crippen molar-refractivity contribution in [3.8, 4) is 11.1 Å². The lowest BCUT2D eigenvalue weighted by atomic mass is 10.1. The summed E-state index contributed by atoms with van der Waals surface area (Å²) in [6.07, 6.45) is 1.23. The number of benzene rings is 2. The molecule has 0 saturated carbocycles. The van der Waals surface area contributed by atoms with Crippen LogP contribution in [-0.2, 0) is 9.59 Å². The summed E-state index contributed by atoms with van der Waals surface area (Å²) in [4.78, 5) is 23.8. The predicted octanol–water partition coefficient (Wildman–Crippen LogP) is 4.50. The number of rotatable bonds is 7. The fraction of sp³-hybridized carbons (Fsp3) is 0.300. The summed E-state index contributed by atoms with van der Waals surface area (Å²) < 4.78 is 0. The molecule has 0 aliphatic rings. The van der Waals surface area contributed by atoms with E-state index in [0.717, 1.165) is 17.5 Å². The minimum atomic E-state index is -0.301. The van der Waals surface area contributed by atoms with Gasteiger partial charge in [-0.3, -0.25) is 9.59 Å². The molecule has 2 N–H and O–H groups in total. The van der Waals surface area contributed by atoms with E-state index in [9.17, 15) is 9.59 Å². The minimum absolute atomic E-state index is 0.0666. The number of carbonyl (C=O) groups excluding carboxylic acids is 2. The Morgan fingerprint density at radius 1 is 1.00 bits per heavy atom. The smallest absolute Gasteiger partial charge is 0.243 e. The summed E-state index contributed by atoms with van der Waals surface area (Å²) in [7, 11) is 0. The number of nitrogens with one attached hydrogen (secondary N) is 2. The number of halogens is 1. The highest BCUT2D eigenvalue weighted by Gasteiger charge is 2.10. The van der Waals surface area contributed by atoms with E-state index in [0.29, 0.717) is 23.0 Å². The van der Waals surface area contributed by atoms with Gasteiger partial charge in [-0.15, -0.1) is 0 Å². The zero-order valence-electron chi connectivity index (χ0n) is 14.5. The highest BCUT2D eigenvalue weighted by molar-refractivity contribution is 6.33. The van der Waals surface area contributed by atoms with Gasteiger partial charge in [0.25, 0.3) is 0 Å². The van der Waals surface area contributed by atoms with Crippen molar-refractivity contribution < 1.29 is 9.59 Å². The molecule has 4 nitrogen and oxygen atoms in total. The molecule has 2 aromatic carbocycles. The average molecular weight is 359 g/mol. The Morgan fingerprint density at radius 2 is 1.72 bits per heavy atom. The predicted molar refractivity (Wildman–Crippen MR) is 103 cm³/mol. The van der Waals surface area contributed by atoms with Crippen molar-refractivity contribution in [3.05, 3.63) is 53.6 Å². The maximum absolute atomic E-state index is 12.1. The lowest BCUT2D eigenvalue weighted by Gasteiger charge is -2.11. The summed E-state index contributed by atoms with van der Waals surface area (Å²) in [6.45, 7) is 4.05. The maximum atomic E-state index is 12.1. The van der Waals surface area contributed by atoms with E-state index in [2.05, 4.69) is 24.5 Å². The van der Waals surface area contributed by atoms with E-state index in [4.69, 9.17) is 11.6 Å². The van der Waals surface area contributed by atoms with E-state index in [1.807, 2.05) is 42.5 Å². The molecule has 0 fully saturated rings. The molecule has 0 aromatic heterocycles. The molecule has 0 atom stereocenters. The van der Waals surface area contributed by atoms with E-state index in [-0.39, 0.29) is 18.4 Å². The van der Waals surface area contributed by atoms with Crippen LogP contribution >= 0.6 is 11.6 Å². The molecule has 2 rings (SSSR count).